The Labute approximate surface area is 187 Å². The molecule has 8 nitrogen and oxygen atoms in total. The van der Waals surface area contributed by atoms with Crippen molar-refractivity contribution < 1.29 is 21.6 Å². The lowest BCUT2D eigenvalue weighted by atomic mass is 10.1. The van der Waals surface area contributed by atoms with E-state index in [1.165, 1.54) is 15.6 Å². The zero-order valence-corrected chi connectivity index (χ0v) is 19.4. The molecule has 1 aromatic heterocycles. The highest BCUT2D eigenvalue weighted by atomic mass is 32.2. The predicted molar refractivity (Wildman–Crippen MR) is 121 cm³/mol. The number of sulfone groups is 1. The first-order chi connectivity index (χ1) is 14.8. The van der Waals surface area contributed by atoms with Gasteiger partial charge in [-0.3, -0.25) is 9.69 Å². The van der Waals surface area contributed by atoms with Crippen LogP contribution >= 0.6 is 11.3 Å². The van der Waals surface area contributed by atoms with Gasteiger partial charge in [-0.1, -0.05) is 24.3 Å². The Bertz CT molecular complexity index is 1110. The van der Waals surface area contributed by atoms with Crippen LogP contribution < -0.4 is 4.90 Å². The lowest BCUT2D eigenvalue weighted by molar-refractivity contribution is -0.120. The van der Waals surface area contributed by atoms with Crippen LogP contribution in [0, 0.1) is 0 Å². The number of para-hydroxylation sites is 1. The van der Waals surface area contributed by atoms with Gasteiger partial charge in [0.25, 0.3) is 10.0 Å². The van der Waals surface area contributed by atoms with E-state index in [1.807, 2.05) is 35.2 Å². The first-order valence-corrected chi connectivity index (χ1v) is 14.2. The van der Waals surface area contributed by atoms with E-state index in [1.54, 1.807) is 22.4 Å². The molecule has 2 aliphatic rings. The molecule has 2 fully saturated rings. The van der Waals surface area contributed by atoms with E-state index in [-0.39, 0.29) is 30.0 Å². The van der Waals surface area contributed by atoms with Crippen molar-refractivity contribution in [2.24, 2.45) is 0 Å². The zero-order chi connectivity index (χ0) is 22.1. The number of thiophene rings is 1. The van der Waals surface area contributed by atoms with Gasteiger partial charge in [-0.15, -0.1) is 11.3 Å². The standard InChI is InChI=1S/C20H25N3O5S3/c24-19(23(17-5-2-1-3-6-17)18-8-14-30(25,26)16-18)15-21-9-11-22(12-10-21)31(27,28)20-7-4-13-29-20/h1-7,13,18H,8-12,14-16H2/t18-/m1/s1. The minimum absolute atomic E-state index is 0.0273. The highest BCUT2D eigenvalue weighted by Gasteiger charge is 2.36. The van der Waals surface area contributed by atoms with Crippen LogP contribution in [0.25, 0.3) is 0 Å². The number of anilines is 1. The molecule has 3 heterocycles. The molecule has 2 aliphatic heterocycles. The van der Waals surface area contributed by atoms with Crippen LogP contribution in [0.5, 0.6) is 0 Å². The number of rotatable bonds is 6. The number of amides is 1. The van der Waals surface area contributed by atoms with Gasteiger partial charge in [0, 0.05) is 31.9 Å². The van der Waals surface area contributed by atoms with E-state index >= 15 is 0 Å². The van der Waals surface area contributed by atoms with Gasteiger partial charge in [0.2, 0.25) is 5.91 Å². The molecule has 0 unspecified atom stereocenters. The Morgan fingerprint density at radius 1 is 1.06 bits per heavy atom. The van der Waals surface area contributed by atoms with E-state index in [0.717, 1.165) is 0 Å². The molecule has 1 aromatic carbocycles. The van der Waals surface area contributed by atoms with Crippen LogP contribution in [0.1, 0.15) is 6.42 Å². The summed E-state index contributed by atoms with van der Waals surface area (Å²) in [5.74, 6) is -0.101. The van der Waals surface area contributed by atoms with Crippen molar-refractivity contribution in [2.45, 2.75) is 16.7 Å². The number of hydrogen-bond acceptors (Lipinski definition) is 7. The molecule has 168 valence electrons. The second-order valence-corrected chi connectivity index (χ2v) is 13.1. The maximum Gasteiger partial charge on any atom is 0.252 e. The number of hydrogen-bond donors (Lipinski definition) is 0. The molecule has 0 radical (unpaired) electrons. The third-order valence-corrected chi connectivity index (χ3v) is 10.7. The van der Waals surface area contributed by atoms with Gasteiger partial charge < -0.3 is 4.90 Å². The summed E-state index contributed by atoms with van der Waals surface area (Å²) in [6.07, 6.45) is 0.426. The molecule has 11 heteroatoms. The summed E-state index contributed by atoms with van der Waals surface area (Å²) in [5, 5.41) is 1.74. The average molecular weight is 484 g/mol. The second-order valence-electron chi connectivity index (χ2n) is 7.77. The topological polar surface area (TPSA) is 95.1 Å². The van der Waals surface area contributed by atoms with E-state index < -0.39 is 19.9 Å². The van der Waals surface area contributed by atoms with E-state index in [9.17, 15) is 21.6 Å². The van der Waals surface area contributed by atoms with Gasteiger partial charge in [-0.25, -0.2) is 16.8 Å². The Kier molecular flexibility index (Phi) is 6.50. The molecule has 0 spiro atoms. The number of carbonyl (C=O) groups is 1. The summed E-state index contributed by atoms with van der Waals surface area (Å²) in [6, 6.07) is 12.1. The smallest absolute Gasteiger partial charge is 0.252 e. The fraction of sp³-hybridized carbons (Fsp3) is 0.450. The molecule has 31 heavy (non-hydrogen) atoms. The number of piperazine rings is 1. The molecule has 0 N–H and O–H groups in total. The molecular formula is C20H25N3O5S3. The van der Waals surface area contributed by atoms with Crippen molar-refractivity contribution in [2.75, 3.05) is 49.1 Å². The van der Waals surface area contributed by atoms with Crippen molar-refractivity contribution >= 4 is 42.8 Å². The van der Waals surface area contributed by atoms with E-state index in [0.29, 0.717) is 42.5 Å². The normalized spacial score (nSPS) is 22.4. The van der Waals surface area contributed by atoms with Crippen LogP contribution in [0.3, 0.4) is 0 Å². The minimum Gasteiger partial charge on any atom is -0.307 e. The van der Waals surface area contributed by atoms with Crippen molar-refractivity contribution in [3.05, 3.63) is 47.8 Å². The number of carbonyl (C=O) groups excluding carboxylic acids is 1. The first kappa shape index (κ1) is 22.4. The van der Waals surface area contributed by atoms with Gasteiger partial charge in [0.1, 0.15) is 4.21 Å². The fourth-order valence-corrected chi connectivity index (χ4v) is 8.33. The average Bonchev–Trinajstić information content (AvgIpc) is 3.40. The number of sulfonamides is 1. The SMILES string of the molecule is O=C(CN1CCN(S(=O)(=O)c2cccs2)CC1)N(c1ccccc1)[C@@H]1CCS(=O)(=O)C1. The maximum absolute atomic E-state index is 13.2. The van der Waals surface area contributed by atoms with Crippen LogP contribution in [-0.2, 0) is 24.7 Å². The molecule has 1 amide bonds. The van der Waals surface area contributed by atoms with Gasteiger partial charge in [-0.05, 0) is 30.0 Å². The molecule has 0 bridgehead atoms. The summed E-state index contributed by atoms with van der Waals surface area (Å²) in [6.45, 7) is 1.65. The molecule has 2 aromatic rings. The Morgan fingerprint density at radius 3 is 2.35 bits per heavy atom. The number of nitrogens with zero attached hydrogens (tertiary/aromatic N) is 3. The van der Waals surface area contributed by atoms with Crippen molar-refractivity contribution in [3.8, 4) is 0 Å². The summed E-state index contributed by atoms with van der Waals surface area (Å²) in [4.78, 5) is 16.8. The van der Waals surface area contributed by atoms with Crippen LogP contribution in [0.4, 0.5) is 5.69 Å². The lowest BCUT2D eigenvalue weighted by Crippen LogP contribution is -2.53. The van der Waals surface area contributed by atoms with Crippen LogP contribution in [0.2, 0.25) is 0 Å². The Hall–Kier alpha value is -1.79. The zero-order valence-electron chi connectivity index (χ0n) is 17.0. The molecule has 0 saturated carbocycles. The highest BCUT2D eigenvalue weighted by Crippen LogP contribution is 2.26. The largest absolute Gasteiger partial charge is 0.307 e. The van der Waals surface area contributed by atoms with E-state index in [4.69, 9.17) is 0 Å². The highest BCUT2D eigenvalue weighted by molar-refractivity contribution is 7.91. The maximum atomic E-state index is 13.2. The van der Waals surface area contributed by atoms with Crippen molar-refractivity contribution in [3.63, 3.8) is 0 Å². The summed E-state index contributed by atoms with van der Waals surface area (Å²) >= 11 is 1.20. The third kappa shape index (κ3) is 5.01. The molecular weight excluding hydrogens is 458 g/mol. The quantitative estimate of drug-likeness (QED) is 0.614. The Balaban J connectivity index is 1.43. The molecule has 1 atom stereocenters. The second kappa shape index (κ2) is 8.99. The lowest BCUT2D eigenvalue weighted by Gasteiger charge is -2.35. The van der Waals surface area contributed by atoms with Crippen molar-refractivity contribution in [1.82, 2.24) is 9.21 Å². The van der Waals surface area contributed by atoms with Gasteiger partial charge in [0.15, 0.2) is 9.84 Å². The molecule has 0 aliphatic carbocycles. The summed E-state index contributed by atoms with van der Waals surface area (Å²) < 4.78 is 51.2. The van der Waals surface area contributed by atoms with Gasteiger partial charge >= 0.3 is 0 Å². The summed E-state index contributed by atoms with van der Waals surface area (Å²) in [7, 11) is -6.63. The minimum atomic E-state index is -3.49. The van der Waals surface area contributed by atoms with Gasteiger partial charge in [0.05, 0.1) is 24.1 Å². The molecule has 2 saturated heterocycles. The molecule has 4 rings (SSSR count). The number of benzene rings is 1. The van der Waals surface area contributed by atoms with Crippen molar-refractivity contribution in [1.29, 1.82) is 0 Å². The van der Waals surface area contributed by atoms with Crippen LogP contribution in [-0.4, -0.2) is 82.2 Å². The fourth-order valence-electron chi connectivity index (χ4n) is 4.06. The summed E-state index contributed by atoms with van der Waals surface area (Å²) in [5.41, 5.74) is 0.688. The first-order valence-electron chi connectivity index (χ1n) is 10.1. The van der Waals surface area contributed by atoms with Gasteiger partial charge in [-0.2, -0.15) is 4.31 Å². The van der Waals surface area contributed by atoms with E-state index in [2.05, 4.69) is 0 Å². The van der Waals surface area contributed by atoms with Crippen LogP contribution in [0.15, 0.2) is 52.1 Å². The monoisotopic (exact) mass is 483 g/mol. The third-order valence-electron chi connectivity index (χ3n) is 5.66. The Morgan fingerprint density at radius 2 is 1.77 bits per heavy atom. The predicted octanol–water partition coefficient (Wildman–Crippen LogP) is 1.27.